The molecule has 7 nitrogen and oxygen atoms in total. The average molecular weight is 473 g/mol. The summed E-state index contributed by atoms with van der Waals surface area (Å²) in [4.78, 5) is 25.8. The first-order valence-electron chi connectivity index (χ1n) is 9.24. The lowest BCUT2D eigenvalue weighted by Crippen LogP contribution is -2.37. The van der Waals surface area contributed by atoms with Gasteiger partial charge in [-0.1, -0.05) is 48.0 Å². The monoisotopic (exact) mass is 472 g/mol. The maximum Gasteiger partial charge on any atom is 0.387 e. The molecule has 166 valence electrons. The van der Waals surface area contributed by atoms with Crippen LogP contribution in [0.4, 0.5) is 8.78 Å². The van der Waals surface area contributed by atoms with Crippen molar-refractivity contribution in [1.82, 2.24) is 9.62 Å². The summed E-state index contributed by atoms with van der Waals surface area (Å²) in [6.07, 6.45) is -0.172. The first kappa shape index (κ1) is 23.0. The van der Waals surface area contributed by atoms with Crippen molar-refractivity contribution in [2.75, 3.05) is 6.54 Å². The largest absolute Gasteiger partial charge is 0.432 e. The van der Waals surface area contributed by atoms with Crippen molar-refractivity contribution in [3.8, 4) is 5.75 Å². The molecule has 0 radical (unpaired) electrons. The number of likely N-dealkylation sites (tertiary alicyclic amines) is 1. The second-order valence-electron chi connectivity index (χ2n) is 6.95. The summed E-state index contributed by atoms with van der Waals surface area (Å²) in [6, 6.07) is 12.3. The van der Waals surface area contributed by atoms with Crippen LogP contribution in [0.15, 0.2) is 53.4 Å². The van der Waals surface area contributed by atoms with Crippen molar-refractivity contribution in [3.05, 3.63) is 59.1 Å². The zero-order valence-corrected chi connectivity index (χ0v) is 17.9. The quantitative estimate of drug-likeness (QED) is 0.667. The predicted molar refractivity (Wildman–Crippen MR) is 108 cm³/mol. The molecule has 2 atom stereocenters. The lowest BCUT2D eigenvalue weighted by Gasteiger charge is -2.25. The Balaban J connectivity index is 1.76. The van der Waals surface area contributed by atoms with Crippen LogP contribution < -0.4 is 9.46 Å². The Kier molecular flexibility index (Phi) is 6.80. The lowest BCUT2D eigenvalue weighted by atomic mass is 10.1. The summed E-state index contributed by atoms with van der Waals surface area (Å²) in [6.45, 7) is -1.49. The number of carbonyl (C=O) groups is 2. The molecule has 1 aliphatic rings. The number of para-hydroxylation sites is 1. The molecule has 0 aromatic heterocycles. The van der Waals surface area contributed by atoms with E-state index in [0.717, 1.165) is 11.6 Å². The smallest absolute Gasteiger partial charge is 0.387 e. The third-order valence-electron chi connectivity index (χ3n) is 4.94. The minimum Gasteiger partial charge on any atom is -0.432 e. The Morgan fingerprint density at radius 2 is 1.87 bits per heavy atom. The van der Waals surface area contributed by atoms with E-state index >= 15 is 0 Å². The summed E-state index contributed by atoms with van der Waals surface area (Å²) >= 11 is 5.79. The molecule has 0 saturated carbocycles. The SMILES string of the molecule is CC(c1ccccc1)N1CC(C(=O)NS(=O)(=O)c2cccc(Cl)c2OC(F)F)CC1=O. The summed E-state index contributed by atoms with van der Waals surface area (Å²) in [5.41, 5.74) is 0.872. The van der Waals surface area contributed by atoms with Gasteiger partial charge < -0.3 is 9.64 Å². The van der Waals surface area contributed by atoms with Crippen LogP contribution in [0.5, 0.6) is 5.75 Å². The molecule has 2 aromatic carbocycles. The second-order valence-corrected chi connectivity index (χ2v) is 9.01. The van der Waals surface area contributed by atoms with Gasteiger partial charge in [-0.15, -0.1) is 0 Å². The highest BCUT2D eigenvalue weighted by molar-refractivity contribution is 7.90. The van der Waals surface area contributed by atoms with Crippen LogP contribution in [0, 0.1) is 5.92 Å². The molecule has 2 unspecified atom stereocenters. The number of rotatable bonds is 7. The summed E-state index contributed by atoms with van der Waals surface area (Å²) < 4.78 is 56.7. The molecule has 31 heavy (non-hydrogen) atoms. The van der Waals surface area contributed by atoms with E-state index in [1.165, 1.54) is 17.0 Å². The molecule has 2 amide bonds. The van der Waals surface area contributed by atoms with Crippen molar-refractivity contribution in [1.29, 1.82) is 0 Å². The number of amides is 2. The predicted octanol–water partition coefficient (Wildman–Crippen LogP) is 3.36. The lowest BCUT2D eigenvalue weighted by molar-refractivity contribution is -0.130. The third kappa shape index (κ3) is 5.13. The van der Waals surface area contributed by atoms with Gasteiger partial charge in [0.2, 0.25) is 11.8 Å². The minimum absolute atomic E-state index is 0.0200. The van der Waals surface area contributed by atoms with Gasteiger partial charge >= 0.3 is 6.61 Å². The van der Waals surface area contributed by atoms with Crippen LogP contribution in [0.3, 0.4) is 0 Å². The maximum absolute atomic E-state index is 12.7. The molecule has 1 aliphatic heterocycles. The molecular weight excluding hydrogens is 454 g/mol. The highest BCUT2D eigenvalue weighted by Crippen LogP contribution is 2.34. The van der Waals surface area contributed by atoms with Gasteiger partial charge in [-0.3, -0.25) is 9.59 Å². The average Bonchev–Trinajstić information content (AvgIpc) is 3.10. The molecule has 1 fully saturated rings. The fourth-order valence-corrected chi connectivity index (χ4v) is 4.84. The summed E-state index contributed by atoms with van der Waals surface area (Å²) in [7, 11) is -4.58. The number of alkyl halides is 2. The first-order chi connectivity index (χ1) is 14.6. The van der Waals surface area contributed by atoms with Gasteiger partial charge in [0.05, 0.1) is 17.0 Å². The molecule has 3 rings (SSSR count). The Hall–Kier alpha value is -2.72. The minimum atomic E-state index is -4.58. The van der Waals surface area contributed by atoms with Crippen molar-refractivity contribution in [3.63, 3.8) is 0 Å². The van der Waals surface area contributed by atoms with E-state index in [4.69, 9.17) is 11.6 Å². The van der Waals surface area contributed by atoms with E-state index in [9.17, 15) is 26.8 Å². The number of sulfonamides is 1. The third-order valence-corrected chi connectivity index (χ3v) is 6.61. The number of nitrogens with one attached hydrogen (secondary N) is 1. The number of nitrogens with zero attached hydrogens (tertiary/aromatic N) is 1. The Labute approximate surface area is 183 Å². The molecule has 0 bridgehead atoms. The number of carbonyl (C=O) groups excluding carboxylic acids is 2. The van der Waals surface area contributed by atoms with Gasteiger partial charge in [-0.25, -0.2) is 13.1 Å². The molecule has 1 heterocycles. The Morgan fingerprint density at radius 1 is 1.19 bits per heavy atom. The highest BCUT2D eigenvalue weighted by Gasteiger charge is 2.39. The number of ether oxygens (including phenoxy) is 1. The fraction of sp³-hybridized carbons (Fsp3) is 0.300. The van der Waals surface area contributed by atoms with Gasteiger partial charge in [-0.2, -0.15) is 8.78 Å². The highest BCUT2D eigenvalue weighted by atomic mass is 35.5. The van der Waals surface area contributed by atoms with Crippen molar-refractivity contribution < 1.29 is 31.5 Å². The molecule has 11 heteroatoms. The second kappa shape index (κ2) is 9.19. The van der Waals surface area contributed by atoms with Crippen molar-refractivity contribution >= 4 is 33.4 Å². The molecule has 0 spiro atoms. The zero-order chi connectivity index (χ0) is 22.8. The van der Waals surface area contributed by atoms with E-state index in [1.807, 2.05) is 42.0 Å². The molecule has 1 N–H and O–H groups in total. The van der Waals surface area contributed by atoms with Gasteiger partial charge in [0.1, 0.15) is 4.90 Å². The molecule has 0 aliphatic carbocycles. The number of halogens is 3. The van der Waals surface area contributed by atoms with Crippen LogP contribution in [0.2, 0.25) is 5.02 Å². The van der Waals surface area contributed by atoms with Crippen LogP contribution in [-0.2, 0) is 19.6 Å². The number of hydrogen-bond acceptors (Lipinski definition) is 5. The van der Waals surface area contributed by atoms with Crippen LogP contribution in [0.1, 0.15) is 24.9 Å². The topological polar surface area (TPSA) is 92.8 Å². The Morgan fingerprint density at radius 3 is 2.52 bits per heavy atom. The van der Waals surface area contributed by atoms with E-state index in [1.54, 1.807) is 0 Å². The van der Waals surface area contributed by atoms with E-state index in [-0.39, 0.29) is 29.9 Å². The number of hydrogen-bond donors (Lipinski definition) is 1. The van der Waals surface area contributed by atoms with Crippen molar-refractivity contribution in [2.45, 2.75) is 30.9 Å². The molecular formula is C20H19ClF2N2O5S. The van der Waals surface area contributed by atoms with Gasteiger partial charge in [0.25, 0.3) is 10.0 Å². The summed E-state index contributed by atoms with van der Waals surface area (Å²) in [5.74, 6) is -2.90. The van der Waals surface area contributed by atoms with Gasteiger partial charge in [0, 0.05) is 13.0 Å². The fourth-order valence-electron chi connectivity index (χ4n) is 3.37. The normalized spacial score (nSPS) is 17.6. The number of benzene rings is 2. The zero-order valence-electron chi connectivity index (χ0n) is 16.3. The molecule has 2 aromatic rings. The van der Waals surface area contributed by atoms with E-state index in [0.29, 0.717) is 0 Å². The van der Waals surface area contributed by atoms with Crippen molar-refractivity contribution in [2.24, 2.45) is 5.92 Å². The van der Waals surface area contributed by atoms with Crippen LogP contribution >= 0.6 is 11.6 Å². The molecule has 1 saturated heterocycles. The van der Waals surface area contributed by atoms with Crippen LogP contribution in [-0.4, -0.2) is 38.3 Å². The van der Waals surface area contributed by atoms with E-state index < -0.39 is 39.1 Å². The summed E-state index contributed by atoms with van der Waals surface area (Å²) in [5, 5.41) is -0.352. The van der Waals surface area contributed by atoms with Gasteiger partial charge in [-0.05, 0) is 24.6 Å². The van der Waals surface area contributed by atoms with E-state index in [2.05, 4.69) is 4.74 Å². The van der Waals surface area contributed by atoms with Gasteiger partial charge in [0.15, 0.2) is 5.75 Å². The van der Waals surface area contributed by atoms with Crippen LogP contribution in [0.25, 0.3) is 0 Å². The first-order valence-corrected chi connectivity index (χ1v) is 11.1. The Bertz CT molecular complexity index is 1080. The maximum atomic E-state index is 12.7. The standard InChI is InChI=1S/C20H19ClF2N2O5S/c1-12(13-6-3-2-4-7-13)25-11-14(10-17(25)26)19(27)24-31(28,29)16-9-5-8-15(21)18(16)30-20(22)23/h2-9,12,14,20H,10-11H2,1H3,(H,24,27).